The van der Waals surface area contributed by atoms with E-state index in [1.54, 1.807) is 18.2 Å². The summed E-state index contributed by atoms with van der Waals surface area (Å²) in [4.78, 5) is 40.4. The number of aromatic amines is 1. The Morgan fingerprint density at radius 3 is 2.71 bits per heavy atom. The smallest absolute Gasteiger partial charge is 0.320 e. The minimum Gasteiger partial charge on any atom is -0.339 e. The number of imidazole rings is 1. The number of hydrogen-bond donors (Lipinski definition) is 1. The lowest BCUT2D eigenvalue weighted by Crippen LogP contribution is -2.54. The third-order valence-corrected chi connectivity index (χ3v) is 7.76. The molecule has 2 aromatic heterocycles. The van der Waals surface area contributed by atoms with Crippen LogP contribution in [-0.2, 0) is 17.8 Å². The molecular weight excluding hydrogens is 544 g/mol. The van der Waals surface area contributed by atoms with Gasteiger partial charge in [0, 0.05) is 42.5 Å². The standard InChI is InChI=1S/C25H25Cl2F3N6O2/c1-14(37)34-7-6-16(25(29,30)13-34)10-36-18(8-15-2-3-17(26)9-19(15)27)11-35(24(36)38)12-22-31-20-4-5-21(28)32-23(20)33-22/h2-5,9,16,18H,6-8,10-13H2,1H3,(H,31,32,33). The Balaban J connectivity index is 1.39. The van der Waals surface area contributed by atoms with Crippen molar-refractivity contribution in [1.82, 2.24) is 29.7 Å². The number of hydrogen-bond acceptors (Lipinski definition) is 4. The Kier molecular flexibility index (Phi) is 7.17. The number of H-pyrrole nitrogens is 1. The number of fused-ring (bicyclic) bond motifs is 1. The molecule has 0 radical (unpaired) electrons. The topological polar surface area (TPSA) is 85.4 Å². The van der Waals surface area contributed by atoms with E-state index in [1.165, 1.54) is 28.9 Å². The van der Waals surface area contributed by atoms with Gasteiger partial charge in [-0.3, -0.25) is 4.79 Å². The highest BCUT2D eigenvalue weighted by atomic mass is 35.5. The number of alkyl halides is 2. The second-order valence-electron chi connectivity index (χ2n) is 9.78. The van der Waals surface area contributed by atoms with Crippen molar-refractivity contribution in [2.75, 3.05) is 26.2 Å². The monoisotopic (exact) mass is 568 g/mol. The number of benzene rings is 1. The number of carbonyl (C=O) groups is 2. The van der Waals surface area contributed by atoms with Gasteiger partial charge in [0.25, 0.3) is 5.92 Å². The van der Waals surface area contributed by atoms with Crippen LogP contribution in [0.4, 0.5) is 18.0 Å². The Bertz CT molecular complexity index is 1390. The van der Waals surface area contributed by atoms with E-state index in [1.807, 2.05) is 0 Å². The molecule has 0 bridgehead atoms. The van der Waals surface area contributed by atoms with Gasteiger partial charge in [0.1, 0.15) is 5.82 Å². The number of rotatable bonds is 6. The summed E-state index contributed by atoms with van der Waals surface area (Å²) in [6.07, 6.45) is 0.411. The highest BCUT2D eigenvalue weighted by Gasteiger charge is 2.48. The van der Waals surface area contributed by atoms with E-state index in [4.69, 9.17) is 23.2 Å². The minimum atomic E-state index is -3.14. The summed E-state index contributed by atoms with van der Waals surface area (Å²) in [5.74, 6) is -4.92. The zero-order valence-corrected chi connectivity index (χ0v) is 21.9. The van der Waals surface area contributed by atoms with Crippen LogP contribution in [0.3, 0.4) is 0 Å². The molecule has 38 heavy (non-hydrogen) atoms. The third-order valence-electron chi connectivity index (χ3n) is 7.17. The summed E-state index contributed by atoms with van der Waals surface area (Å²) in [6, 6.07) is 6.91. The van der Waals surface area contributed by atoms with Crippen molar-refractivity contribution >= 4 is 46.3 Å². The van der Waals surface area contributed by atoms with Crippen LogP contribution in [-0.4, -0.2) is 79.7 Å². The summed E-state index contributed by atoms with van der Waals surface area (Å²) < 4.78 is 43.7. The fourth-order valence-electron chi connectivity index (χ4n) is 5.14. The van der Waals surface area contributed by atoms with Crippen LogP contribution < -0.4 is 0 Å². The molecule has 5 rings (SSSR count). The van der Waals surface area contributed by atoms with Crippen LogP contribution in [0.2, 0.25) is 10.0 Å². The van der Waals surface area contributed by atoms with Gasteiger partial charge < -0.3 is 19.7 Å². The van der Waals surface area contributed by atoms with Crippen LogP contribution in [0.25, 0.3) is 11.2 Å². The largest absolute Gasteiger partial charge is 0.339 e. The van der Waals surface area contributed by atoms with Crippen molar-refractivity contribution < 1.29 is 22.8 Å². The molecule has 3 aromatic rings. The first-order chi connectivity index (χ1) is 18.0. The summed E-state index contributed by atoms with van der Waals surface area (Å²) in [6.45, 7) is 0.946. The number of pyridine rings is 1. The van der Waals surface area contributed by atoms with Gasteiger partial charge in [-0.25, -0.2) is 18.6 Å². The number of carbonyl (C=O) groups excluding carboxylic acids is 2. The van der Waals surface area contributed by atoms with Crippen molar-refractivity contribution in [3.05, 3.63) is 57.7 Å². The van der Waals surface area contributed by atoms with Crippen molar-refractivity contribution in [3.8, 4) is 0 Å². The highest BCUT2D eigenvalue weighted by Crippen LogP contribution is 2.36. The quantitative estimate of drug-likeness (QED) is 0.434. The molecule has 2 atom stereocenters. The van der Waals surface area contributed by atoms with Gasteiger partial charge in [-0.05, 0) is 42.7 Å². The maximum atomic E-state index is 15.1. The Morgan fingerprint density at radius 1 is 1.21 bits per heavy atom. The Hall–Kier alpha value is -3.05. The normalized spacial score (nSPS) is 21.5. The fourth-order valence-corrected chi connectivity index (χ4v) is 5.62. The van der Waals surface area contributed by atoms with E-state index >= 15 is 8.78 Å². The molecule has 202 valence electrons. The van der Waals surface area contributed by atoms with E-state index in [2.05, 4.69) is 15.0 Å². The molecule has 13 heteroatoms. The van der Waals surface area contributed by atoms with Crippen molar-refractivity contribution in [2.45, 2.75) is 38.3 Å². The van der Waals surface area contributed by atoms with Crippen LogP contribution in [0, 0.1) is 11.9 Å². The average molecular weight is 569 g/mol. The van der Waals surface area contributed by atoms with E-state index < -0.39 is 42.3 Å². The highest BCUT2D eigenvalue weighted by molar-refractivity contribution is 6.35. The second kappa shape index (κ2) is 10.3. The molecule has 1 N–H and O–H groups in total. The first-order valence-corrected chi connectivity index (χ1v) is 12.9. The van der Waals surface area contributed by atoms with Crippen LogP contribution >= 0.6 is 23.2 Å². The van der Waals surface area contributed by atoms with Gasteiger partial charge in [0.2, 0.25) is 11.9 Å². The molecule has 2 aliphatic heterocycles. The lowest BCUT2D eigenvalue weighted by Gasteiger charge is -2.40. The molecule has 2 aliphatic rings. The summed E-state index contributed by atoms with van der Waals surface area (Å²) >= 11 is 12.4. The molecule has 3 amide bonds. The molecular formula is C25H25Cl2F3N6O2. The Labute approximate surface area is 226 Å². The predicted octanol–water partition coefficient (Wildman–Crippen LogP) is 4.76. The van der Waals surface area contributed by atoms with Crippen LogP contribution in [0.1, 0.15) is 24.7 Å². The molecule has 0 saturated carbocycles. The van der Waals surface area contributed by atoms with Crippen LogP contribution in [0.5, 0.6) is 0 Å². The molecule has 2 unspecified atom stereocenters. The van der Waals surface area contributed by atoms with Crippen molar-refractivity contribution in [2.24, 2.45) is 5.92 Å². The van der Waals surface area contributed by atoms with Crippen molar-refractivity contribution in [3.63, 3.8) is 0 Å². The fraction of sp³-hybridized carbons (Fsp3) is 0.440. The number of nitrogens with one attached hydrogen (secondary N) is 1. The van der Waals surface area contributed by atoms with Gasteiger partial charge in [0.05, 0.1) is 24.6 Å². The van der Waals surface area contributed by atoms with Crippen LogP contribution in [0.15, 0.2) is 30.3 Å². The first-order valence-electron chi connectivity index (χ1n) is 12.1. The molecule has 8 nitrogen and oxygen atoms in total. The average Bonchev–Trinajstić information content (AvgIpc) is 3.36. The lowest BCUT2D eigenvalue weighted by atomic mass is 9.91. The molecule has 2 fully saturated rings. The van der Waals surface area contributed by atoms with E-state index in [9.17, 15) is 14.0 Å². The number of nitrogens with zero attached hydrogens (tertiary/aromatic N) is 5. The third kappa shape index (κ3) is 5.40. The number of urea groups is 1. The number of piperidine rings is 1. The van der Waals surface area contributed by atoms with E-state index in [-0.39, 0.29) is 38.2 Å². The summed E-state index contributed by atoms with van der Waals surface area (Å²) in [5, 5.41) is 0.889. The van der Waals surface area contributed by atoms with Gasteiger partial charge in [-0.2, -0.15) is 9.37 Å². The van der Waals surface area contributed by atoms with Gasteiger partial charge in [-0.15, -0.1) is 0 Å². The molecule has 1 aromatic carbocycles. The van der Waals surface area contributed by atoms with E-state index in [0.717, 1.165) is 10.5 Å². The zero-order chi connectivity index (χ0) is 27.2. The van der Waals surface area contributed by atoms with Gasteiger partial charge in [-0.1, -0.05) is 29.3 Å². The number of amides is 3. The number of halogens is 5. The summed E-state index contributed by atoms with van der Waals surface area (Å²) in [7, 11) is 0. The number of likely N-dealkylation sites (tertiary alicyclic amines) is 1. The Morgan fingerprint density at radius 2 is 2.00 bits per heavy atom. The number of aromatic nitrogens is 3. The first kappa shape index (κ1) is 26.6. The SMILES string of the molecule is CC(=O)N1CCC(CN2C(=O)N(Cc3nc4nc(F)ccc4[nH]3)CC2Cc2ccc(Cl)cc2Cl)C(F)(F)C1. The molecule has 0 spiro atoms. The minimum absolute atomic E-state index is 0.0668. The van der Waals surface area contributed by atoms with Crippen molar-refractivity contribution in [1.29, 1.82) is 0 Å². The maximum absolute atomic E-state index is 15.1. The van der Waals surface area contributed by atoms with Gasteiger partial charge >= 0.3 is 6.03 Å². The molecule has 4 heterocycles. The summed E-state index contributed by atoms with van der Waals surface area (Å²) in [5.41, 5.74) is 1.44. The second-order valence-corrected chi connectivity index (χ2v) is 10.6. The zero-order valence-electron chi connectivity index (χ0n) is 20.4. The van der Waals surface area contributed by atoms with Gasteiger partial charge in [0.15, 0.2) is 5.65 Å². The molecule has 0 aliphatic carbocycles. The predicted molar refractivity (Wildman–Crippen MR) is 136 cm³/mol. The maximum Gasteiger partial charge on any atom is 0.320 e. The lowest BCUT2D eigenvalue weighted by molar-refractivity contribution is -0.149. The molecule has 2 saturated heterocycles. The van der Waals surface area contributed by atoms with E-state index in [0.29, 0.717) is 27.8 Å².